The van der Waals surface area contributed by atoms with Gasteiger partial charge >= 0.3 is 0 Å². The van der Waals surface area contributed by atoms with Crippen LogP contribution in [0.4, 0.5) is 0 Å². The van der Waals surface area contributed by atoms with Crippen molar-refractivity contribution in [2.24, 2.45) is 5.92 Å². The molecule has 2 nitrogen and oxygen atoms in total. The number of unbranched alkanes of at least 4 members (excludes halogenated alkanes) is 23. The van der Waals surface area contributed by atoms with Crippen molar-refractivity contribution in [1.29, 1.82) is 0 Å². The Balaban J connectivity index is 3.12. The van der Waals surface area contributed by atoms with Crippen LogP contribution in [-0.4, -0.2) is 26.2 Å². The van der Waals surface area contributed by atoms with Crippen molar-refractivity contribution in [2.45, 2.75) is 201 Å². The summed E-state index contributed by atoms with van der Waals surface area (Å²) in [5, 5.41) is 7.11. The van der Waals surface area contributed by atoms with Gasteiger partial charge in [-0.1, -0.05) is 181 Å². The SMILES string of the molecule is CCCCCCCCCCCCCC(C)CCCCCCNCCCCCCCCCCCCCNCC. The molecule has 0 aromatic carbocycles. The minimum Gasteiger partial charge on any atom is -0.317 e. The van der Waals surface area contributed by atoms with Crippen LogP contribution >= 0.6 is 0 Å². The van der Waals surface area contributed by atoms with E-state index in [2.05, 4.69) is 31.4 Å². The zero-order valence-electron chi connectivity index (χ0n) is 27.2. The predicted molar refractivity (Wildman–Crippen MR) is 176 cm³/mol. The van der Waals surface area contributed by atoms with E-state index in [0.717, 1.165) is 12.5 Å². The van der Waals surface area contributed by atoms with Crippen LogP contribution in [0.15, 0.2) is 0 Å². The van der Waals surface area contributed by atoms with Crippen LogP contribution in [0.5, 0.6) is 0 Å². The Bertz CT molecular complexity index is 397. The first-order chi connectivity index (χ1) is 18.8. The van der Waals surface area contributed by atoms with E-state index in [1.165, 1.54) is 199 Å². The molecule has 0 bridgehead atoms. The van der Waals surface area contributed by atoms with Gasteiger partial charge < -0.3 is 10.6 Å². The lowest BCUT2D eigenvalue weighted by molar-refractivity contribution is 0.430. The van der Waals surface area contributed by atoms with Crippen molar-refractivity contribution in [3.05, 3.63) is 0 Å². The summed E-state index contributed by atoms with van der Waals surface area (Å²) < 4.78 is 0. The van der Waals surface area contributed by atoms with E-state index >= 15 is 0 Å². The molecule has 0 aliphatic rings. The van der Waals surface area contributed by atoms with Crippen molar-refractivity contribution in [2.75, 3.05) is 26.2 Å². The Hall–Kier alpha value is -0.0800. The lowest BCUT2D eigenvalue weighted by Crippen LogP contribution is -2.16. The van der Waals surface area contributed by atoms with Gasteiger partial charge in [-0.05, 0) is 51.4 Å². The summed E-state index contributed by atoms with van der Waals surface area (Å²) in [5.74, 6) is 0.949. The van der Waals surface area contributed by atoms with Crippen LogP contribution in [0.1, 0.15) is 201 Å². The maximum atomic E-state index is 3.69. The Kier molecular flexibility index (Phi) is 34.9. The molecule has 0 aromatic heterocycles. The molecule has 0 rings (SSSR count). The Morgan fingerprint density at radius 1 is 0.342 bits per heavy atom. The monoisotopic (exact) mass is 537 g/mol. The number of nitrogens with one attached hydrogen (secondary N) is 2. The summed E-state index contributed by atoms with van der Waals surface area (Å²) in [5.41, 5.74) is 0. The molecule has 0 heterocycles. The van der Waals surface area contributed by atoms with Crippen LogP contribution < -0.4 is 10.6 Å². The van der Waals surface area contributed by atoms with Gasteiger partial charge in [-0.25, -0.2) is 0 Å². The molecule has 1 unspecified atom stereocenters. The zero-order valence-corrected chi connectivity index (χ0v) is 27.2. The Morgan fingerprint density at radius 3 is 0.974 bits per heavy atom. The fourth-order valence-corrected chi connectivity index (χ4v) is 5.79. The minimum atomic E-state index is 0.949. The van der Waals surface area contributed by atoms with Crippen molar-refractivity contribution in [3.63, 3.8) is 0 Å². The molecular formula is C36H76N2. The molecule has 0 saturated carbocycles. The first kappa shape index (κ1) is 37.9. The van der Waals surface area contributed by atoms with Gasteiger partial charge in [0.05, 0.1) is 0 Å². The highest BCUT2D eigenvalue weighted by atomic mass is 14.8. The third kappa shape index (κ3) is 33.9. The van der Waals surface area contributed by atoms with Crippen molar-refractivity contribution >= 4 is 0 Å². The fraction of sp³-hybridized carbons (Fsp3) is 1.00. The Labute approximate surface area is 243 Å². The average molecular weight is 537 g/mol. The van der Waals surface area contributed by atoms with E-state index in [1.807, 2.05) is 0 Å². The number of hydrogen-bond donors (Lipinski definition) is 2. The van der Waals surface area contributed by atoms with Gasteiger partial charge in [-0.15, -0.1) is 0 Å². The van der Waals surface area contributed by atoms with Gasteiger partial charge in [-0.3, -0.25) is 0 Å². The summed E-state index contributed by atoms with van der Waals surface area (Å²) >= 11 is 0. The van der Waals surface area contributed by atoms with Gasteiger partial charge in [0, 0.05) is 0 Å². The number of rotatable bonds is 34. The second-order valence-electron chi connectivity index (χ2n) is 12.6. The van der Waals surface area contributed by atoms with Gasteiger partial charge in [0.1, 0.15) is 0 Å². The first-order valence-electron chi connectivity index (χ1n) is 18.2. The lowest BCUT2D eigenvalue weighted by atomic mass is 9.96. The summed E-state index contributed by atoms with van der Waals surface area (Å²) in [6, 6.07) is 0. The molecule has 0 fully saturated rings. The Morgan fingerprint density at radius 2 is 0.632 bits per heavy atom. The third-order valence-electron chi connectivity index (χ3n) is 8.56. The first-order valence-corrected chi connectivity index (χ1v) is 18.2. The normalized spacial score (nSPS) is 12.4. The van der Waals surface area contributed by atoms with E-state index in [-0.39, 0.29) is 0 Å². The highest BCUT2D eigenvalue weighted by Gasteiger charge is 2.02. The molecule has 0 spiro atoms. The summed E-state index contributed by atoms with van der Waals surface area (Å²) in [6.45, 7) is 11.8. The van der Waals surface area contributed by atoms with Crippen molar-refractivity contribution in [1.82, 2.24) is 10.6 Å². The quantitative estimate of drug-likeness (QED) is 0.0799. The topological polar surface area (TPSA) is 24.1 Å². The molecule has 2 heteroatoms. The second kappa shape index (κ2) is 34.9. The summed E-state index contributed by atoms with van der Waals surface area (Å²) in [7, 11) is 0. The van der Waals surface area contributed by atoms with E-state index < -0.39 is 0 Å². The molecule has 0 radical (unpaired) electrons. The highest BCUT2D eigenvalue weighted by molar-refractivity contribution is 4.57. The predicted octanol–water partition coefficient (Wildman–Crippen LogP) is 11.8. The van der Waals surface area contributed by atoms with Gasteiger partial charge in [0.2, 0.25) is 0 Å². The smallest absolute Gasteiger partial charge is 0.00489 e. The van der Waals surface area contributed by atoms with Gasteiger partial charge in [0.25, 0.3) is 0 Å². The summed E-state index contributed by atoms with van der Waals surface area (Å²) in [4.78, 5) is 0. The third-order valence-corrected chi connectivity index (χ3v) is 8.56. The molecule has 38 heavy (non-hydrogen) atoms. The van der Waals surface area contributed by atoms with Crippen molar-refractivity contribution in [3.8, 4) is 0 Å². The van der Waals surface area contributed by atoms with E-state index in [4.69, 9.17) is 0 Å². The van der Waals surface area contributed by atoms with E-state index in [9.17, 15) is 0 Å². The van der Waals surface area contributed by atoms with Crippen molar-refractivity contribution < 1.29 is 0 Å². The standard InChI is InChI=1S/C36H76N2/c1-4-6-7-8-9-10-12-15-18-21-26-31-36(3)32-27-22-25-30-35-38-34-29-24-20-17-14-11-13-16-19-23-28-33-37-5-2/h36-38H,4-35H2,1-3H3. The summed E-state index contributed by atoms with van der Waals surface area (Å²) in [6.07, 6.45) is 40.5. The second-order valence-corrected chi connectivity index (χ2v) is 12.6. The van der Waals surface area contributed by atoms with Crippen LogP contribution in [0.25, 0.3) is 0 Å². The lowest BCUT2D eigenvalue weighted by Gasteiger charge is -2.11. The number of hydrogen-bond acceptors (Lipinski definition) is 2. The zero-order chi connectivity index (χ0) is 27.6. The van der Waals surface area contributed by atoms with Crippen LogP contribution in [0.3, 0.4) is 0 Å². The molecule has 0 amide bonds. The molecule has 0 saturated heterocycles. The van der Waals surface area contributed by atoms with Crippen LogP contribution in [0, 0.1) is 5.92 Å². The maximum absolute atomic E-state index is 3.69. The molecular weight excluding hydrogens is 460 g/mol. The molecule has 1 atom stereocenters. The molecule has 0 aliphatic heterocycles. The average Bonchev–Trinajstić information content (AvgIpc) is 2.92. The molecule has 230 valence electrons. The molecule has 0 aliphatic carbocycles. The molecule has 2 N–H and O–H groups in total. The minimum absolute atomic E-state index is 0.949. The van der Waals surface area contributed by atoms with E-state index in [1.54, 1.807) is 0 Å². The highest BCUT2D eigenvalue weighted by Crippen LogP contribution is 2.18. The largest absolute Gasteiger partial charge is 0.317 e. The fourth-order valence-electron chi connectivity index (χ4n) is 5.79. The van der Waals surface area contributed by atoms with Crippen LogP contribution in [0.2, 0.25) is 0 Å². The van der Waals surface area contributed by atoms with Gasteiger partial charge in [-0.2, -0.15) is 0 Å². The van der Waals surface area contributed by atoms with Crippen LogP contribution in [-0.2, 0) is 0 Å². The maximum Gasteiger partial charge on any atom is -0.00489 e. The van der Waals surface area contributed by atoms with Gasteiger partial charge in [0.15, 0.2) is 0 Å². The molecule has 0 aromatic rings. The van der Waals surface area contributed by atoms with E-state index in [0.29, 0.717) is 0 Å².